The summed E-state index contributed by atoms with van der Waals surface area (Å²) in [4.78, 5) is 17.3. The Hall–Kier alpha value is -3.23. The summed E-state index contributed by atoms with van der Waals surface area (Å²) in [5.41, 5.74) is 3.89. The number of carbonyl (C=O) groups excluding carboxylic acids is 1. The molecule has 0 fully saturated rings. The molecule has 0 saturated carbocycles. The van der Waals surface area contributed by atoms with Crippen LogP contribution < -0.4 is 10.2 Å². The Labute approximate surface area is 175 Å². The molecular weight excluding hydrogens is 378 g/mol. The minimum Gasteiger partial charge on any atom is -0.352 e. The topological polar surface area (TPSA) is 56.1 Å². The van der Waals surface area contributed by atoms with Crippen molar-refractivity contribution in [3.63, 3.8) is 0 Å². The molecule has 3 aromatic rings. The lowest BCUT2D eigenvalue weighted by atomic mass is 10.1. The van der Waals surface area contributed by atoms with Gasteiger partial charge in [-0.2, -0.15) is 5.26 Å². The van der Waals surface area contributed by atoms with Crippen molar-refractivity contribution in [3.05, 3.63) is 83.9 Å². The van der Waals surface area contributed by atoms with E-state index >= 15 is 0 Å². The number of nitrogens with zero attached hydrogens (tertiary/aromatic N) is 2. The van der Waals surface area contributed by atoms with E-state index in [1.54, 1.807) is 23.9 Å². The van der Waals surface area contributed by atoms with Crippen LogP contribution in [0.1, 0.15) is 22.3 Å². The molecule has 0 spiro atoms. The van der Waals surface area contributed by atoms with E-state index in [2.05, 4.69) is 64.8 Å². The van der Waals surface area contributed by atoms with Crippen LogP contribution in [0.3, 0.4) is 0 Å². The third-order valence-corrected chi connectivity index (χ3v) is 5.98. The van der Waals surface area contributed by atoms with Crippen molar-refractivity contribution in [1.82, 2.24) is 5.32 Å². The number of nitrogens with one attached hydrogen (secondary N) is 1. The third-order valence-electron chi connectivity index (χ3n) is 4.85. The van der Waals surface area contributed by atoms with Crippen LogP contribution in [0.25, 0.3) is 0 Å². The van der Waals surface area contributed by atoms with Crippen LogP contribution >= 0.6 is 11.8 Å². The number of rotatable bonds is 6. The average Bonchev–Trinajstić information content (AvgIpc) is 2.76. The summed E-state index contributed by atoms with van der Waals surface area (Å²) in [6.07, 6.45) is 1.14. The van der Waals surface area contributed by atoms with E-state index in [-0.39, 0.29) is 5.91 Å². The molecule has 0 radical (unpaired) electrons. The first-order valence-corrected chi connectivity index (χ1v) is 10.5. The van der Waals surface area contributed by atoms with Gasteiger partial charge >= 0.3 is 0 Å². The molecule has 0 aliphatic carbocycles. The van der Waals surface area contributed by atoms with Crippen molar-refractivity contribution in [1.29, 1.82) is 5.26 Å². The van der Waals surface area contributed by atoms with Crippen LogP contribution in [0.4, 0.5) is 11.4 Å². The maximum Gasteiger partial charge on any atom is 0.251 e. The Morgan fingerprint density at radius 3 is 2.34 bits per heavy atom. The SMILES string of the molecule is N#CCc1cccc(C(=O)NCCCN2c3ccccc3Sc3ccccc32)c1. The lowest BCUT2D eigenvalue weighted by Crippen LogP contribution is -2.29. The lowest BCUT2D eigenvalue weighted by Gasteiger charge is -2.32. The number of carbonyl (C=O) groups is 1. The van der Waals surface area contributed by atoms with Gasteiger partial charge in [0.1, 0.15) is 0 Å². The maximum absolute atomic E-state index is 12.4. The molecule has 1 heterocycles. The maximum atomic E-state index is 12.4. The summed E-state index contributed by atoms with van der Waals surface area (Å²) in [5, 5.41) is 11.8. The summed E-state index contributed by atoms with van der Waals surface area (Å²) in [6.45, 7) is 1.42. The highest BCUT2D eigenvalue weighted by Crippen LogP contribution is 2.47. The third kappa shape index (κ3) is 4.28. The fourth-order valence-electron chi connectivity index (χ4n) is 3.48. The molecule has 3 aromatic carbocycles. The molecule has 4 nitrogen and oxygen atoms in total. The van der Waals surface area contributed by atoms with Gasteiger partial charge in [0.15, 0.2) is 0 Å². The lowest BCUT2D eigenvalue weighted by molar-refractivity contribution is 0.0953. The molecule has 1 aliphatic rings. The normalized spacial score (nSPS) is 11.9. The molecule has 29 heavy (non-hydrogen) atoms. The molecule has 0 bridgehead atoms. The van der Waals surface area contributed by atoms with Gasteiger partial charge in [0.2, 0.25) is 0 Å². The van der Waals surface area contributed by atoms with Gasteiger partial charge in [0.25, 0.3) is 5.91 Å². The molecule has 0 atom stereocenters. The number of fused-ring (bicyclic) bond motifs is 2. The molecule has 144 valence electrons. The molecule has 5 heteroatoms. The minimum atomic E-state index is -0.0974. The summed E-state index contributed by atoms with van der Waals surface area (Å²) >= 11 is 1.80. The Bertz CT molecular complexity index is 1030. The molecule has 0 aromatic heterocycles. The highest BCUT2D eigenvalue weighted by Gasteiger charge is 2.22. The summed E-state index contributed by atoms with van der Waals surface area (Å²) in [6, 6.07) is 26.2. The zero-order valence-electron chi connectivity index (χ0n) is 16.0. The van der Waals surface area contributed by atoms with Gasteiger partial charge < -0.3 is 10.2 Å². The molecule has 1 N–H and O–H groups in total. The summed E-state index contributed by atoms with van der Waals surface area (Å²) in [7, 11) is 0. The van der Waals surface area contributed by atoms with Crippen LogP contribution in [0.2, 0.25) is 0 Å². The Morgan fingerprint density at radius 2 is 1.66 bits per heavy atom. The number of benzene rings is 3. The number of hydrogen-bond acceptors (Lipinski definition) is 4. The zero-order valence-corrected chi connectivity index (χ0v) is 16.8. The van der Waals surface area contributed by atoms with E-state index in [0.717, 1.165) is 18.5 Å². The highest BCUT2D eigenvalue weighted by atomic mass is 32.2. The first-order valence-electron chi connectivity index (χ1n) is 9.64. The van der Waals surface area contributed by atoms with E-state index in [0.29, 0.717) is 18.5 Å². The van der Waals surface area contributed by atoms with Gasteiger partial charge in [-0.15, -0.1) is 0 Å². The molecule has 1 aliphatic heterocycles. The molecule has 0 saturated heterocycles. The Kier molecular flexibility index (Phi) is 5.83. The minimum absolute atomic E-state index is 0.0974. The smallest absolute Gasteiger partial charge is 0.251 e. The number of anilines is 2. The van der Waals surface area contributed by atoms with Gasteiger partial charge in [-0.05, 0) is 48.4 Å². The van der Waals surface area contributed by atoms with Gasteiger partial charge in [-0.25, -0.2) is 0 Å². The largest absolute Gasteiger partial charge is 0.352 e. The summed E-state index contributed by atoms with van der Waals surface area (Å²) < 4.78 is 0. The van der Waals surface area contributed by atoms with Crippen molar-refractivity contribution in [2.24, 2.45) is 0 Å². The van der Waals surface area contributed by atoms with E-state index in [1.165, 1.54) is 21.2 Å². The second-order valence-corrected chi connectivity index (χ2v) is 7.92. The molecule has 4 rings (SSSR count). The van der Waals surface area contributed by atoms with Crippen LogP contribution in [-0.2, 0) is 6.42 Å². The number of hydrogen-bond donors (Lipinski definition) is 1. The van der Waals surface area contributed by atoms with E-state index in [1.807, 2.05) is 12.1 Å². The standard InChI is InChI=1S/C24H21N3OS/c25-14-13-18-7-5-8-19(17-18)24(28)26-15-6-16-27-20-9-1-3-11-22(20)29-23-12-4-2-10-21(23)27/h1-5,7-12,17H,6,13,15-16H2,(H,26,28). The van der Waals surface area contributed by atoms with Crippen molar-refractivity contribution in [3.8, 4) is 6.07 Å². The van der Waals surface area contributed by atoms with Gasteiger partial charge in [-0.1, -0.05) is 48.2 Å². The molecular formula is C24H21N3OS. The average molecular weight is 400 g/mol. The highest BCUT2D eigenvalue weighted by molar-refractivity contribution is 7.99. The predicted molar refractivity (Wildman–Crippen MR) is 117 cm³/mol. The Morgan fingerprint density at radius 1 is 0.966 bits per heavy atom. The van der Waals surface area contributed by atoms with Crippen LogP contribution in [-0.4, -0.2) is 19.0 Å². The first kappa shape index (κ1) is 19.1. The van der Waals surface area contributed by atoms with E-state index in [9.17, 15) is 4.79 Å². The van der Waals surface area contributed by atoms with Gasteiger partial charge in [-0.3, -0.25) is 4.79 Å². The fourth-order valence-corrected chi connectivity index (χ4v) is 4.57. The Balaban J connectivity index is 1.40. The zero-order chi connectivity index (χ0) is 20.1. The van der Waals surface area contributed by atoms with Crippen LogP contribution in [0, 0.1) is 11.3 Å². The van der Waals surface area contributed by atoms with Crippen molar-refractivity contribution >= 4 is 29.0 Å². The molecule has 0 unspecified atom stereocenters. The van der Waals surface area contributed by atoms with Gasteiger partial charge in [0, 0.05) is 28.4 Å². The summed E-state index contributed by atoms with van der Waals surface area (Å²) in [5.74, 6) is -0.0974. The fraction of sp³-hybridized carbons (Fsp3) is 0.167. The predicted octanol–water partition coefficient (Wildman–Crippen LogP) is 5.18. The second-order valence-electron chi connectivity index (χ2n) is 6.83. The quantitative estimate of drug-likeness (QED) is 0.581. The van der Waals surface area contributed by atoms with Crippen LogP contribution in [0.15, 0.2) is 82.6 Å². The van der Waals surface area contributed by atoms with E-state index < -0.39 is 0 Å². The van der Waals surface area contributed by atoms with Crippen molar-refractivity contribution < 1.29 is 4.79 Å². The number of amides is 1. The monoisotopic (exact) mass is 399 g/mol. The van der Waals surface area contributed by atoms with Crippen LogP contribution in [0.5, 0.6) is 0 Å². The number of nitriles is 1. The van der Waals surface area contributed by atoms with E-state index in [4.69, 9.17) is 5.26 Å². The van der Waals surface area contributed by atoms with Crippen molar-refractivity contribution in [2.45, 2.75) is 22.6 Å². The first-order chi connectivity index (χ1) is 14.3. The van der Waals surface area contributed by atoms with Gasteiger partial charge in [0.05, 0.1) is 23.9 Å². The van der Waals surface area contributed by atoms with Crippen molar-refractivity contribution in [2.75, 3.05) is 18.0 Å². The molecule has 1 amide bonds. The number of para-hydroxylation sites is 2. The second kappa shape index (κ2) is 8.85.